The third-order valence-electron chi connectivity index (χ3n) is 5.40. The van der Waals surface area contributed by atoms with Crippen LogP contribution in [-0.4, -0.2) is 61.5 Å². The second-order valence-corrected chi connectivity index (χ2v) is 6.61. The molecule has 4 nitrogen and oxygen atoms in total. The average Bonchev–Trinajstić information content (AvgIpc) is 2.93. The lowest BCUT2D eigenvalue weighted by Crippen LogP contribution is -2.49. The smallest absolute Gasteiger partial charge is 0.236 e. The van der Waals surface area contributed by atoms with Gasteiger partial charge in [0, 0.05) is 13.1 Å². The first-order valence-corrected chi connectivity index (χ1v) is 7.98. The molecule has 1 spiro atoms. The molecule has 0 aromatic carbocycles. The number of carbonyl (C=O) groups excluding carboxylic acids is 1. The van der Waals surface area contributed by atoms with Gasteiger partial charge in [0.25, 0.3) is 0 Å². The van der Waals surface area contributed by atoms with Gasteiger partial charge in [-0.2, -0.15) is 0 Å². The molecule has 0 saturated carbocycles. The Morgan fingerprint density at radius 2 is 1.58 bits per heavy atom. The topological polar surface area (TPSA) is 35.6 Å². The SMILES string of the molecule is O=C(CN1CCCC1)N1CCC2(CCNCC2)CC1. The average molecular weight is 265 g/mol. The van der Waals surface area contributed by atoms with Crippen molar-refractivity contribution in [3.05, 3.63) is 0 Å². The van der Waals surface area contributed by atoms with Gasteiger partial charge >= 0.3 is 0 Å². The third-order valence-corrected chi connectivity index (χ3v) is 5.40. The predicted octanol–water partition coefficient (Wildman–Crippen LogP) is 1.07. The fourth-order valence-electron chi connectivity index (χ4n) is 3.92. The van der Waals surface area contributed by atoms with Crippen LogP contribution in [0.25, 0.3) is 0 Å². The van der Waals surface area contributed by atoms with Crippen molar-refractivity contribution < 1.29 is 4.79 Å². The number of amides is 1. The standard InChI is InChI=1S/C15H27N3O/c19-14(13-17-9-1-2-10-17)18-11-5-15(6-12-18)3-7-16-8-4-15/h16H,1-13H2. The first kappa shape index (κ1) is 13.4. The van der Waals surface area contributed by atoms with Gasteiger partial charge in [0.1, 0.15) is 0 Å². The quantitative estimate of drug-likeness (QED) is 0.811. The minimum Gasteiger partial charge on any atom is -0.342 e. The molecule has 0 unspecified atom stereocenters. The van der Waals surface area contributed by atoms with E-state index in [2.05, 4.69) is 15.1 Å². The first-order valence-electron chi connectivity index (χ1n) is 7.98. The highest BCUT2D eigenvalue weighted by atomic mass is 16.2. The van der Waals surface area contributed by atoms with Gasteiger partial charge in [0.15, 0.2) is 0 Å². The van der Waals surface area contributed by atoms with Crippen LogP contribution in [-0.2, 0) is 4.79 Å². The molecule has 19 heavy (non-hydrogen) atoms. The van der Waals surface area contributed by atoms with E-state index >= 15 is 0 Å². The van der Waals surface area contributed by atoms with Crippen molar-refractivity contribution in [3.63, 3.8) is 0 Å². The summed E-state index contributed by atoms with van der Waals surface area (Å²) in [6, 6.07) is 0. The van der Waals surface area contributed by atoms with Crippen molar-refractivity contribution in [1.82, 2.24) is 15.1 Å². The van der Waals surface area contributed by atoms with E-state index in [1.54, 1.807) is 0 Å². The van der Waals surface area contributed by atoms with Gasteiger partial charge < -0.3 is 10.2 Å². The lowest BCUT2D eigenvalue weighted by molar-refractivity contribution is -0.134. The molecule has 3 fully saturated rings. The Labute approximate surface area is 116 Å². The summed E-state index contributed by atoms with van der Waals surface area (Å²) in [5.74, 6) is 0.366. The van der Waals surface area contributed by atoms with E-state index in [1.165, 1.54) is 51.6 Å². The van der Waals surface area contributed by atoms with Crippen LogP contribution in [0.3, 0.4) is 0 Å². The maximum atomic E-state index is 12.3. The molecule has 3 rings (SSSR count). The monoisotopic (exact) mass is 265 g/mol. The van der Waals surface area contributed by atoms with Gasteiger partial charge in [0.2, 0.25) is 5.91 Å². The van der Waals surface area contributed by atoms with E-state index in [4.69, 9.17) is 0 Å². The molecule has 108 valence electrons. The molecule has 3 saturated heterocycles. The van der Waals surface area contributed by atoms with Crippen molar-refractivity contribution in [3.8, 4) is 0 Å². The molecule has 3 heterocycles. The minimum absolute atomic E-state index is 0.366. The summed E-state index contributed by atoms with van der Waals surface area (Å²) >= 11 is 0. The number of carbonyl (C=O) groups is 1. The molecule has 0 aromatic rings. The molecule has 1 N–H and O–H groups in total. The van der Waals surface area contributed by atoms with E-state index in [-0.39, 0.29) is 0 Å². The van der Waals surface area contributed by atoms with E-state index in [0.29, 0.717) is 17.9 Å². The second-order valence-electron chi connectivity index (χ2n) is 6.61. The van der Waals surface area contributed by atoms with Crippen molar-refractivity contribution in [2.45, 2.75) is 38.5 Å². The summed E-state index contributed by atoms with van der Waals surface area (Å²) in [6.45, 7) is 7.22. The number of hydrogen-bond donors (Lipinski definition) is 1. The van der Waals surface area contributed by atoms with Gasteiger partial charge in [-0.3, -0.25) is 9.69 Å². The maximum Gasteiger partial charge on any atom is 0.236 e. The lowest BCUT2D eigenvalue weighted by Gasteiger charge is -2.44. The third kappa shape index (κ3) is 3.11. The Morgan fingerprint density at radius 1 is 0.947 bits per heavy atom. The Balaban J connectivity index is 1.47. The maximum absolute atomic E-state index is 12.3. The second kappa shape index (κ2) is 5.80. The van der Waals surface area contributed by atoms with Crippen LogP contribution in [0.1, 0.15) is 38.5 Å². The van der Waals surface area contributed by atoms with Crippen molar-refractivity contribution in [2.24, 2.45) is 5.41 Å². The number of rotatable bonds is 2. The zero-order valence-electron chi connectivity index (χ0n) is 12.0. The Hall–Kier alpha value is -0.610. The zero-order valence-corrected chi connectivity index (χ0v) is 12.0. The Morgan fingerprint density at radius 3 is 2.21 bits per heavy atom. The molecule has 3 aliphatic rings. The van der Waals surface area contributed by atoms with Gasteiger partial charge in [-0.25, -0.2) is 0 Å². The van der Waals surface area contributed by atoms with E-state index < -0.39 is 0 Å². The van der Waals surface area contributed by atoms with Gasteiger partial charge in [-0.15, -0.1) is 0 Å². The Kier molecular flexibility index (Phi) is 4.08. The van der Waals surface area contributed by atoms with Crippen molar-refractivity contribution >= 4 is 5.91 Å². The summed E-state index contributed by atoms with van der Waals surface area (Å²) in [7, 11) is 0. The molecular weight excluding hydrogens is 238 g/mol. The summed E-state index contributed by atoms with van der Waals surface area (Å²) in [5.41, 5.74) is 0.551. The molecule has 0 aliphatic carbocycles. The highest BCUT2D eigenvalue weighted by Gasteiger charge is 2.36. The Bertz CT molecular complexity index is 309. The molecule has 0 bridgehead atoms. The molecule has 0 radical (unpaired) electrons. The summed E-state index contributed by atoms with van der Waals surface area (Å²) in [4.78, 5) is 16.7. The number of piperidine rings is 2. The van der Waals surface area contributed by atoms with E-state index in [9.17, 15) is 4.79 Å². The van der Waals surface area contributed by atoms with Crippen LogP contribution in [0, 0.1) is 5.41 Å². The highest BCUT2D eigenvalue weighted by molar-refractivity contribution is 5.78. The molecule has 0 atom stereocenters. The number of likely N-dealkylation sites (tertiary alicyclic amines) is 2. The van der Waals surface area contributed by atoms with Gasteiger partial charge in [-0.05, 0) is 70.1 Å². The first-order chi connectivity index (χ1) is 9.27. The largest absolute Gasteiger partial charge is 0.342 e. The fraction of sp³-hybridized carbons (Fsp3) is 0.933. The van der Waals surface area contributed by atoms with Crippen LogP contribution < -0.4 is 5.32 Å². The molecule has 4 heteroatoms. The minimum atomic E-state index is 0.366. The van der Waals surface area contributed by atoms with Crippen LogP contribution >= 0.6 is 0 Å². The van der Waals surface area contributed by atoms with Crippen LogP contribution in [0.2, 0.25) is 0 Å². The normalized spacial score (nSPS) is 27.9. The van der Waals surface area contributed by atoms with Gasteiger partial charge in [-0.1, -0.05) is 0 Å². The van der Waals surface area contributed by atoms with Gasteiger partial charge in [0.05, 0.1) is 6.54 Å². The van der Waals surface area contributed by atoms with E-state index in [0.717, 1.165) is 26.2 Å². The lowest BCUT2D eigenvalue weighted by atomic mass is 9.71. The van der Waals surface area contributed by atoms with Crippen molar-refractivity contribution in [2.75, 3.05) is 45.8 Å². The number of nitrogens with zero attached hydrogens (tertiary/aromatic N) is 2. The molecular formula is C15H27N3O. The number of nitrogens with one attached hydrogen (secondary N) is 1. The fourth-order valence-corrected chi connectivity index (χ4v) is 3.92. The number of hydrogen-bond acceptors (Lipinski definition) is 3. The summed E-state index contributed by atoms with van der Waals surface area (Å²) in [5, 5.41) is 3.45. The molecule has 3 aliphatic heterocycles. The molecule has 1 amide bonds. The predicted molar refractivity (Wildman–Crippen MR) is 76.0 cm³/mol. The summed E-state index contributed by atoms with van der Waals surface area (Å²) in [6.07, 6.45) is 7.59. The zero-order chi connectivity index (χ0) is 13.1. The van der Waals surface area contributed by atoms with Crippen LogP contribution in [0.15, 0.2) is 0 Å². The van der Waals surface area contributed by atoms with E-state index in [1.807, 2.05) is 0 Å². The molecule has 0 aromatic heterocycles. The highest BCUT2D eigenvalue weighted by Crippen LogP contribution is 2.39. The van der Waals surface area contributed by atoms with Crippen molar-refractivity contribution in [1.29, 1.82) is 0 Å². The van der Waals surface area contributed by atoms with Crippen LogP contribution in [0.4, 0.5) is 0 Å². The summed E-state index contributed by atoms with van der Waals surface area (Å²) < 4.78 is 0. The van der Waals surface area contributed by atoms with Crippen LogP contribution in [0.5, 0.6) is 0 Å².